The van der Waals surface area contributed by atoms with Gasteiger partial charge in [0, 0.05) is 12.6 Å². The maximum Gasteiger partial charge on any atom is 0.242 e. The molecule has 74 valence electrons. The topological polar surface area (TPSA) is 79.5 Å². The molecular weight excluding hydrogens is 168 g/mol. The molecule has 0 aliphatic heterocycles. The van der Waals surface area contributed by atoms with Crippen LogP contribution in [-0.4, -0.2) is 31.0 Å². The van der Waals surface area contributed by atoms with E-state index in [1.165, 1.54) is 0 Å². The van der Waals surface area contributed by atoms with E-state index in [0.29, 0.717) is 12.0 Å². The maximum atomic E-state index is 11.1. The summed E-state index contributed by atoms with van der Waals surface area (Å²) in [5.74, 6) is 0.275. The second kappa shape index (κ2) is 4.69. The minimum Gasteiger partial charge on any atom is -0.370 e. The molecule has 1 aliphatic carbocycles. The Kier molecular flexibility index (Phi) is 3.54. The van der Waals surface area contributed by atoms with Gasteiger partial charge in [0.2, 0.25) is 5.91 Å². The van der Waals surface area contributed by atoms with Crippen molar-refractivity contribution in [2.45, 2.75) is 25.8 Å². The van der Waals surface area contributed by atoms with Crippen LogP contribution in [0.25, 0.3) is 0 Å². The number of rotatable bonds is 4. The fourth-order valence-corrected chi connectivity index (χ4v) is 0.895. The number of nitrogens with one attached hydrogen (secondary N) is 2. The summed E-state index contributed by atoms with van der Waals surface area (Å²) in [5, 5.41) is 5.64. The molecule has 1 fully saturated rings. The van der Waals surface area contributed by atoms with Gasteiger partial charge in [-0.25, -0.2) is 4.99 Å². The molecule has 0 unspecified atom stereocenters. The third-order valence-electron chi connectivity index (χ3n) is 1.69. The summed E-state index contributed by atoms with van der Waals surface area (Å²) in [6, 6.07) is 0.392. The van der Waals surface area contributed by atoms with Gasteiger partial charge in [0.05, 0.1) is 0 Å². The molecule has 1 aliphatic rings. The van der Waals surface area contributed by atoms with Gasteiger partial charge in [-0.15, -0.1) is 0 Å². The van der Waals surface area contributed by atoms with E-state index in [-0.39, 0.29) is 12.5 Å². The number of guanidine groups is 1. The van der Waals surface area contributed by atoms with Crippen molar-refractivity contribution in [3.05, 3.63) is 0 Å². The summed E-state index contributed by atoms with van der Waals surface area (Å²) in [5.41, 5.74) is 5.44. The highest BCUT2D eigenvalue weighted by Crippen LogP contribution is 2.18. The first-order valence-corrected chi connectivity index (χ1v) is 4.55. The zero-order chi connectivity index (χ0) is 9.68. The monoisotopic (exact) mass is 184 g/mol. The predicted octanol–water partition coefficient (Wildman–Crippen LogP) is -0.811. The Balaban J connectivity index is 2.14. The fraction of sp³-hybridized carbons (Fsp3) is 0.750. The molecule has 0 saturated heterocycles. The standard InChI is InChI=1S/C8H16N4O/c1-2-10-8(9)11-5-7(13)12-6-3-4-6/h6H,2-5H2,1H3,(H,12,13)(H3,9,10,11). The first-order chi connectivity index (χ1) is 6.22. The number of nitrogens with two attached hydrogens (primary N) is 1. The largest absolute Gasteiger partial charge is 0.370 e. The van der Waals surface area contributed by atoms with Gasteiger partial charge in [-0.05, 0) is 19.8 Å². The van der Waals surface area contributed by atoms with E-state index in [1.54, 1.807) is 0 Å². The molecule has 0 bridgehead atoms. The summed E-state index contributed by atoms with van der Waals surface area (Å²) < 4.78 is 0. The number of hydrogen-bond acceptors (Lipinski definition) is 2. The minimum atomic E-state index is -0.0525. The van der Waals surface area contributed by atoms with Gasteiger partial charge in [-0.3, -0.25) is 4.79 Å². The van der Waals surface area contributed by atoms with Crippen molar-refractivity contribution in [3.63, 3.8) is 0 Å². The quantitative estimate of drug-likeness (QED) is 0.395. The second-order valence-corrected chi connectivity index (χ2v) is 3.07. The number of amides is 1. The number of hydrogen-bond donors (Lipinski definition) is 3. The summed E-state index contributed by atoms with van der Waals surface area (Å²) >= 11 is 0. The van der Waals surface area contributed by atoms with Crippen LogP contribution in [0.5, 0.6) is 0 Å². The van der Waals surface area contributed by atoms with Crippen molar-refractivity contribution in [2.24, 2.45) is 10.7 Å². The average molecular weight is 184 g/mol. The van der Waals surface area contributed by atoms with Crippen LogP contribution in [0, 0.1) is 0 Å². The number of aliphatic imine (C=N–C) groups is 1. The molecule has 0 heterocycles. The first-order valence-electron chi connectivity index (χ1n) is 4.55. The van der Waals surface area contributed by atoms with Crippen molar-refractivity contribution in [1.29, 1.82) is 0 Å². The van der Waals surface area contributed by atoms with E-state index in [2.05, 4.69) is 15.6 Å². The van der Waals surface area contributed by atoms with Crippen molar-refractivity contribution in [3.8, 4) is 0 Å². The van der Waals surface area contributed by atoms with Crippen LogP contribution in [-0.2, 0) is 4.79 Å². The maximum absolute atomic E-state index is 11.1. The van der Waals surface area contributed by atoms with E-state index in [4.69, 9.17) is 5.73 Å². The third-order valence-corrected chi connectivity index (χ3v) is 1.69. The van der Waals surface area contributed by atoms with Crippen molar-refractivity contribution >= 4 is 11.9 Å². The number of carbonyl (C=O) groups excluding carboxylic acids is 1. The lowest BCUT2D eigenvalue weighted by atomic mass is 10.5. The summed E-state index contributed by atoms with van der Waals surface area (Å²) in [7, 11) is 0. The van der Waals surface area contributed by atoms with E-state index in [9.17, 15) is 4.79 Å². The third kappa shape index (κ3) is 4.35. The first kappa shape index (κ1) is 9.83. The van der Waals surface area contributed by atoms with Gasteiger partial charge >= 0.3 is 0 Å². The molecule has 5 nitrogen and oxygen atoms in total. The Morgan fingerprint density at radius 3 is 2.85 bits per heavy atom. The Bertz CT molecular complexity index is 210. The van der Waals surface area contributed by atoms with Crippen LogP contribution in [0.1, 0.15) is 19.8 Å². The van der Waals surface area contributed by atoms with Gasteiger partial charge in [0.25, 0.3) is 0 Å². The SMILES string of the molecule is CCNC(N)=NCC(=O)NC1CC1. The molecule has 4 N–H and O–H groups in total. The lowest BCUT2D eigenvalue weighted by Gasteiger charge is -2.02. The Morgan fingerprint density at radius 1 is 1.62 bits per heavy atom. The van der Waals surface area contributed by atoms with Crippen LogP contribution >= 0.6 is 0 Å². The van der Waals surface area contributed by atoms with Crippen LogP contribution in [0.4, 0.5) is 0 Å². The number of nitrogens with zero attached hydrogens (tertiary/aromatic N) is 1. The van der Waals surface area contributed by atoms with Gasteiger partial charge in [-0.2, -0.15) is 0 Å². The normalized spacial score (nSPS) is 16.8. The molecule has 1 amide bonds. The molecule has 0 radical (unpaired) electrons. The Labute approximate surface area is 77.8 Å². The van der Waals surface area contributed by atoms with Crippen molar-refractivity contribution < 1.29 is 4.79 Å². The van der Waals surface area contributed by atoms with Crippen LogP contribution < -0.4 is 16.4 Å². The van der Waals surface area contributed by atoms with Crippen molar-refractivity contribution in [2.75, 3.05) is 13.1 Å². The van der Waals surface area contributed by atoms with Gasteiger partial charge in [0.15, 0.2) is 5.96 Å². The molecular formula is C8H16N4O. The van der Waals surface area contributed by atoms with Crippen molar-refractivity contribution in [1.82, 2.24) is 10.6 Å². The fourth-order valence-electron chi connectivity index (χ4n) is 0.895. The minimum absolute atomic E-state index is 0.0525. The predicted molar refractivity (Wildman–Crippen MR) is 51.3 cm³/mol. The smallest absolute Gasteiger partial charge is 0.242 e. The van der Waals surface area contributed by atoms with E-state index in [0.717, 1.165) is 19.4 Å². The second-order valence-electron chi connectivity index (χ2n) is 3.07. The molecule has 0 spiro atoms. The molecule has 0 aromatic rings. The highest BCUT2D eigenvalue weighted by Gasteiger charge is 2.22. The number of carbonyl (C=O) groups is 1. The summed E-state index contributed by atoms with van der Waals surface area (Å²) in [6.07, 6.45) is 2.19. The highest BCUT2D eigenvalue weighted by atomic mass is 16.1. The van der Waals surface area contributed by atoms with E-state index >= 15 is 0 Å². The Hall–Kier alpha value is -1.26. The van der Waals surface area contributed by atoms with Gasteiger partial charge in [0.1, 0.15) is 6.54 Å². The van der Waals surface area contributed by atoms with E-state index in [1.807, 2.05) is 6.92 Å². The lowest BCUT2D eigenvalue weighted by molar-refractivity contribution is -0.119. The lowest BCUT2D eigenvalue weighted by Crippen LogP contribution is -2.34. The summed E-state index contributed by atoms with van der Waals surface area (Å²) in [6.45, 7) is 2.77. The highest BCUT2D eigenvalue weighted by molar-refractivity contribution is 5.84. The molecule has 5 heteroatoms. The van der Waals surface area contributed by atoms with Crippen LogP contribution in [0.15, 0.2) is 4.99 Å². The van der Waals surface area contributed by atoms with Crippen LogP contribution in [0.3, 0.4) is 0 Å². The molecule has 13 heavy (non-hydrogen) atoms. The van der Waals surface area contributed by atoms with Gasteiger partial charge in [-0.1, -0.05) is 0 Å². The molecule has 0 atom stereocenters. The van der Waals surface area contributed by atoms with E-state index < -0.39 is 0 Å². The van der Waals surface area contributed by atoms with Gasteiger partial charge < -0.3 is 16.4 Å². The molecule has 1 saturated carbocycles. The van der Waals surface area contributed by atoms with Crippen LogP contribution in [0.2, 0.25) is 0 Å². The molecule has 0 aromatic heterocycles. The molecule has 0 aromatic carbocycles. The molecule has 1 rings (SSSR count). The Morgan fingerprint density at radius 2 is 2.31 bits per heavy atom. The summed E-state index contributed by atoms with van der Waals surface area (Å²) in [4.78, 5) is 15.0. The zero-order valence-corrected chi connectivity index (χ0v) is 7.84. The zero-order valence-electron chi connectivity index (χ0n) is 7.84. The average Bonchev–Trinajstić information content (AvgIpc) is 2.85.